The van der Waals surface area contributed by atoms with Gasteiger partial charge in [-0.3, -0.25) is 9.09 Å². The number of hydrogen-bond acceptors (Lipinski definition) is 9. The molecule has 30 heavy (non-hydrogen) atoms. The Morgan fingerprint density at radius 2 is 2.10 bits per heavy atom. The number of nitrogen functional groups attached to an aromatic ring is 1. The van der Waals surface area contributed by atoms with E-state index in [9.17, 15) is 4.89 Å². The van der Waals surface area contributed by atoms with Crippen LogP contribution in [0.1, 0.15) is 27.0 Å². The third kappa shape index (κ3) is 3.88. The minimum Gasteiger partial charge on any atom is -0.407 e. The molecule has 2 saturated heterocycles. The number of rotatable bonds is 3. The van der Waals surface area contributed by atoms with Gasteiger partial charge in [-0.2, -0.15) is 0 Å². The topological polar surface area (TPSA) is 127 Å². The van der Waals surface area contributed by atoms with E-state index in [0.29, 0.717) is 15.9 Å². The fraction of sp³-hybridized carbons (Fsp3) is 0.688. The molecule has 0 spiro atoms. The molecule has 2 aromatic rings. The summed E-state index contributed by atoms with van der Waals surface area (Å²) in [5, 5.41) is -0.0545. The molecule has 0 aromatic carbocycles. The van der Waals surface area contributed by atoms with Crippen LogP contribution in [0.25, 0.3) is 11.2 Å². The number of nitrogens with two attached hydrogens (primary N) is 1. The van der Waals surface area contributed by atoms with Crippen LogP contribution >= 0.6 is 22.6 Å². The maximum absolute atomic E-state index is 10.3. The Labute approximate surface area is 189 Å². The average Bonchev–Trinajstić information content (AvgIpc) is 3.11. The van der Waals surface area contributed by atoms with E-state index in [1.807, 2.05) is 0 Å². The van der Waals surface area contributed by atoms with E-state index < -0.39 is 39.6 Å². The molecule has 166 valence electrons. The standard InChI is InChI=1S/C16H25BrN5O5PSSi/c1-16(2,3)30(4,5)27-11-10-8(6-24-28(23,29)26-10)25-14(11)22-13-9(21-15(22)17)12(18)19-7-20-13/h7-8,10-11,14H,6H2,1-5H3,(H,23,29)(H2,18,19,20). The summed E-state index contributed by atoms with van der Waals surface area (Å²) in [4.78, 5) is 23.1. The van der Waals surface area contributed by atoms with Crippen LogP contribution in [-0.2, 0) is 30.0 Å². The van der Waals surface area contributed by atoms with Gasteiger partial charge in [-0.05, 0) is 45.9 Å². The summed E-state index contributed by atoms with van der Waals surface area (Å²) in [6.45, 7) is 7.50. The predicted molar refractivity (Wildman–Crippen MR) is 121 cm³/mol. The molecule has 0 saturated carbocycles. The summed E-state index contributed by atoms with van der Waals surface area (Å²) in [6.07, 6.45) is -0.867. The van der Waals surface area contributed by atoms with E-state index in [1.54, 1.807) is 4.57 Å². The Hall–Kier alpha value is -0.503. The van der Waals surface area contributed by atoms with E-state index >= 15 is 0 Å². The first-order valence-electron chi connectivity index (χ1n) is 9.44. The van der Waals surface area contributed by atoms with Gasteiger partial charge in [0.15, 0.2) is 36.3 Å². The Morgan fingerprint density at radius 3 is 2.77 bits per heavy atom. The highest BCUT2D eigenvalue weighted by Crippen LogP contribution is 2.54. The number of aromatic nitrogens is 4. The fourth-order valence-corrected chi connectivity index (χ4v) is 6.57. The molecule has 4 rings (SSSR count). The van der Waals surface area contributed by atoms with Gasteiger partial charge in [0.1, 0.15) is 24.6 Å². The number of nitrogens with zero attached hydrogens (tertiary/aromatic N) is 4. The lowest BCUT2D eigenvalue weighted by molar-refractivity contribution is -0.0597. The van der Waals surface area contributed by atoms with Crippen LogP contribution in [0.5, 0.6) is 0 Å². The molecular formula is C16H25BrN5O5PSSi. The van der Waals surface area contributed by atoms with Crippen LogP contribution in [0.15, 0.2) is 11.1 Å². The molecule has 2 aliphatic heterocycles. The van der Waals surface area contributed by atoms with Crippen LogP contribution in [0.4, 0.5) is 5.82 Å². The zero-order valence-corrected chi connectivity index (χ0v) is 21.6. The quantitative estimate of drug-likeness (QED) is 0.342. The monoisotopic (exact) mass is 537 g/mol. The minimum atomic E-state index is -3.36. The number of hydrogen-bond donors (Lipinski definition) is 2. The van der Waals surface area contributed by atoms with Gasteiger partial charge in [-0.25, -0.2) is 15.0 Å². The first-order valence-corrected chi connectivity index (χ1v) is 15.7. The molecule has 2 aromatic heterocycles. The minimum absolute atomic E-state index is 0.0545. The molecule has 5 unspecified atom stereocenters. The lowest BCUT2D eigenvalue weighted by Crippen LogP contribution is -2.50. The molecule has 0 aliphatic carbocycles. The lowest BCUT2D eigenvalue weighted by Gasteiger charge is -2.41. The lowest BCUT2D eigenvalue weighted by atomic mass is 10.1. The molecule has 5 atom stereocenters. The molecule has 4 heterocycles. The van der Waals surface area contributed by atoms with Gasteiger partial charge in [0.2, 0.25) is 0 Å². The van der Waals surface area contributed by atoms with Crippen molar-refractivity contribution in [3.05, 3.63) is 11.1 Å². The number of imidazole rings is 1. The fourth-order valence-electron chi connectivity index (χ4n) is 3.30. The van der Waals surface area contributed by atoms with Gasteiger partial charge in [0.25, 0.3) is 0 Å². The zero-order valence-electron chi connectivity index (χ0n) is 17.3. The van der Waals surface area contributed by atoms with Crippen molar-refractivity contribution in [2.75, 3.05) is 12.3 Å². The van der Waals surface area contributed by atoms with E-state index in [0.717, 1.165) is 0 Å². The van der Waals surface area contributed by atoms with Crippen LogP contribution in [0.2, 0.25) is 18.1 Å². The van der Waals surface area contributed by atoms with Gasteiger partial charge < -0.3 is 24.3 Å². The highest BCUT2D eigenvalue weighted by Gasteiger charge is 2.55. The molecule has 0 amide bonds. The number of fused-ring (bicyclic) bond motifs is 2. The van der Waals surface area contributed by atoms with E-state index in [4.69, 9.17) is 35.8 Å². The first kappa shape index (κ1) is 22.7. The van der Waals surface area contributed by atoms with Crippen molar-refractivity contribution in [3.63, 3.8) is 0 Å². The van der Waals surface area contributed by atoms with Gasteiger partial charge in [-0.15, -0.1) is 0 Å². The van der Waals surface area contributed by atoms with Crippen molar-refractivity contribution in [1.29, 1.82) is 0 Å². The first-order chi connectivity index (χ1) is 13.8. The maximum Gasteiger partial charge on any atom is 0.325 e. The van der Waals surface area contributed by atoms with Gasteiger partial charge in [0, 0.05) is 0 Å². The Bertz CT molecular complexity index is 1030. The molecule has 14 heteroatoms. The highest BCUT2D eigenvalue weighted by atomic mass is 79.9. The van der Waals surface area contributed by atoms with Crippen LogP contribution in [0, 0.1) is 0 Å². The van der Waals surface area contributed by atoms with Crippen LogP contribution in [0.3, 0.4) is 0 Å². The Balaban J connectivity index is 1.81. The SMILES string of the molecule is CC(C)(C)[Si](C)(C)OC1C2OP(O)(=S)OCC2OC1n1c(Br)nc2c(N)ncnc21. The smallest absolute Gasteiger partial charge is 0.325 e. The van der Waals surface area contributed by atoms with Crippen molar-refractivity contribution in [2.45, 2.75) is 63.4 Å². The van der Waals surface area contributed by atoms with E-state index in [2.05, 4.69) is 64.7 Å². The summed E-state index contributed by atoms with van der Waals surface area (Å²) in [6, 6.07) is 0. The van der Waals surface area contributed by atoms with Crippen LogP contribution in [-0.4, -0.2) is 57.6 Å². The van der Waals surface area contributed by atoms with E-state index in [1.165, 1.54) is 6.33 Å². The molecule has 2 fully saturated rings. The van der Waals surface area contributed by atoms with Gasteiger partial charge >= 0.3 is 6.72 Å². The summed E-state index contributed by atoms with van der Waals surface area (Å²) >= 11 is 8.59. The summed E-state index contributed by atoms with van der Waals surface area (Å²) in [7, 11) is -2.25. The molecule has 10 nitrogen and oxygen atoms in total. The van der Waals surface area contributed by atoms with Crippen molar-refractivity contribution < 1.29 is 23.1 Å². The summed E-state index contributed by atoms with van der Waals surface area (Å²) in [5.74, 6) is 0.266. The second kappa shape index (κ2) is 7.53. The zero-order chi connectivity index (χ0) is 22.1. The number of ether oxygens (including phenoxy) is 1. The molecule has 2 aliphatic rings. The van der Waals surface area contributed by atoms with Gasteiger partial charge in [-0.1, -0.05) is 20.8 Å². The van der Waals surface area contributed by atoms with Crippen LogP contribution < -0.4 is 5.73 Å². The van der Waals surface area contributed by atoms with Crippen molar-refractivity contribution >= 4 is 59.8 Å². The second-order valence-electron chi connectivity index (χ2n) is 8.92. The Kier molecular flexibility index (Phi) is 5.69. The molecule has 0 radical (unpaired) electrons. The van der Waals surface area contributed by atoms with E-state index in [-0.39, 0.29) is 17.5 Å². The number of anilines is 1. The van der Waals surface area contributed by atoms with Gasteiger partial charge in [0.05, 0.1) is 6.61 Å². The highest BCUT2D eigenvalue weighted by molar-refractivity contribution is 9.10. The normalized spacial score (nSPS) is 32.5. The van der Waals surface area contributed by atoms with Crippen molar-refractivity contribution in [3.8, 4) is 0 Å². The average molecular weight is 538 g/mol. The second-order valence-corrected chi connectivity index (χ2v) is 17.2. The third-order valence-corrected chi connectivity index (χ3v) is 12.5. The number of halogens is 1. The largest absolute Gasteiger partial charge is 0.407 e. The maximum atomic E-state index is 10.3. The summed E-state index contributed by atoms with van der Waals surface area (Å²) < 4.78 is 26.4. The predicted octanol–water partition coefficient (Wildman–Crippen LogP) is 3.09. The summed E-state index contributed by atoms with van der Waals surface area (Å²) in [5.41, 5.74) is 6.95. The van der Waals surface area contributed by atoms with Crippen molar-refractivity contribution in [2.24, 2.45) is 0 Å². The van der Waals surface area contributed by atoms with Crippen molar-refractivity contribution in [1.82, 2.24) is 19.5 Å². The molecule has 0 bridgehead atoms. The Morgan fingerprint density at radius 1 is 1.40 bits per heavy atom. The molecule has 3 N–H and O–H groups in total. The molecular weight excluding hydrogens is 513 g/mol. The third-order valence-electron chi connectivity index (χ3n) is 5.90.